The second kappa shape index (κ2) is 16.7. The molecule has 0 heterocycles. The molecule has 0 N–H and O–H groups in total. The lowest BCUT2D eigenvalue weighted by Gasteiger charge is -2.39. The number of allylic oxidation sites excluding steroid dienone is 19. The monoisotopic (exact) mass is 568 g/mol. The molecule has 43 heavy (non-hydrogen) atoms. The Hall–Kier alpha value is -3.82. The summed E-state index contributed by atoms with van der Waals surface area (Å²) >= 11 is 0. The molecule has 224 valence electrons. The van der Waals surface area contributed by atoms with Gasteiger partial charge in [-0.1, -0.05) is 154 Å². The SMILES string of the molecule is C=C/C(=C\C=C(C)C)C1C(/C(=C/C)CC)=C(c2cccc(C)c2)C(C2C#CC/C=C\C=C/2)=CC1C(/C=C\C(C)C)=C/CC. The molecule has 0 spiro atoms. The van der Waals surface area contributed by atoms with Gasteiger partial charge in [-0.25, -0.2) is 0 Å². The predicted octanol–water partition coefficient (Wildman–Crippen LogP) is 12.0. The number of rotatable bonds is 11. The number of hydrogen-bond donors (Lipinski definition) is 0. The Labute approximate surface area is 263 Å². The van der Waals surface area contributed by atoms with Crippen molar-refractivity contribution in [3.8, 4) is 11.8 Å². The average molecular weight is 569 g/mol. The molecule has 0 saturated heterocycles. The number of aryl methyl sites for hydroxylation is 1. The highest BCUT2D eigenvalue weighted by molar-refractivity contribution is 5.88. The van der Waals surface area contributed by atoms with Crippen LogP contribution in [0.2, 0.25) is 0 Å². The van der Waals surface area contributed by atoms with Crippen LogP contribution in [0.3, 0.4) is 0 Å². The van der Waals surface area contributed by atoms with Crippen LogP contribution in [0.25, 0.3) is 5.57 Å². The van der Waals surface area contributed by atoms with Crippen LogP contribution in [0.4, 0.5) is 0 Å². The highest BCUT2D eigenvalue weighted by atomic mass is 14.4. The minimum absolute atomic E-state index is 0.000211. The van der Waals surface area contributed by atoms with Crippen molar-refractivity contribution in [2.24, 2.45) is 23.7 Å². The number of benzene rings is 1. The first-order valence-electron chi connectivity index (χ1n) is 16.1. The molecule has 0 amide bonds. The summed E-state index contributed by atoms with van der Waals surface area (Å²) in [7, 11) is 0. The minimum atomic E-state index is -0.000211. The first-order valence-corrected chi connectivity index (χ1v) is 16.1. The smallest absolute Gasteiger partial charge is 0.0639 e. The third-order valence-electron chi connectivity index (χ3n) is 8.03. The first-order chi connectivity index (χ1) is 20.7. The zero-order chi connectivity index (χ0) is 31.4. The van der Waals surface area contributed by atoms with E-state index in [1.807, 2.05) is 0 Å². The topological polar surface area (TPSA) is 0 Å². The third-order valence-corrected chi connectivity index (χ3v) is 8.03. The molecule has 1 aromatic carbocycles. The minimum Gasteiger partial charge on any atom is -0.0988 e. The van der Waals surface area contributed by atoms with Gasteiger partial charge in [0.25, 0.3) is 0 Å². The maximum Gasteiger partial charge on any atom is 0.0639 e. The Bertz CT molecular complexity index is 1480. The van der Waals surface area contributed by atoms with E-state index in [9.17, 15) is 0 Å². The molecule has 3 rings (SSSR count). The molecule has 3 atom stereocenters. The van der Waals surface area contributed by atoms with Crippen LogP contribution in [0.1, 0.15) is 78.9 Å². The summed E-state index contributed by atoms with van der Waals surface area (Å²) in [6.45, 7) is 22.1. The van der Waals surface area contributed by atoms with Gasteiger partial charge in [0.15, 0.2) is 0 Å². The fourth-order valence-electron chi connectivity index (χ4n) is 6.01. The Balaban J connectivity index is 2.58. The molecule has 1 aromatic rings. The Morgan fingerprint density at radius 1 is 1.09 bits per heavy atom. The van der Waals surface area contributed by atoms with E-state index in [1.165, 1.54) is 50.1 Å². The van der Waals surface area contributed by atoms with Gasteiger partial charge in [0.2, 0.25) is 0 Å². The summed E-state index contributed by atoms with van der Waals surface area (Å²) in [6, 6.07) is 9.01. The maximum absolute atomic E-state index is 4.38. The molecule has 0 aliphatic heterocycles. The highest BCUT2D eigenvalue weighted by Gasteiger charge is 2.37. The van der Waals surface area contributed by atoms with Gasteiger partial charge in [0, 0.05) is 18.3 Å². The van der Waals surface area contributed by atoms with E-state index in [0.29, 0.717) is 5.92 Å². The van der Waals surface area contributed by atoms with Crippen LogP contribution >= 0.6 is 0 Å². The molecule has 0 aromatic heterocycles. The molecular formula is C43H52. The second-order valence-electron chi connectivity index (χ2n) is 12.1. The third kappa shape index (κ3) is 8.84. The van der Waals surface area contributed by atoms with Crippen molar-refractivity contribution in [2.75, 3.05) is 0 Å². The van der Waals surface area contributed by atoms with Gasteiger partial charge in [-0.2, -0.15) is 0 Å². The average Bonchev–Trinajstić information content (AvgIpc) is 2.96. The molecule has 3 unspecified atom stereocenters. The van der Waals surface area contributed by atoms with E-state index >= 15 is 0 Å². The van der Waals surface area contributed by atoms with Crippen molar-refractivity contribution in [1.29, 1.82) is 0 Å². The van der Waals surface area contributed by atoms with E-state index in [-0.39, 0.29) is 17.8 Å². The summed E-state index contributed by atoms with van der Waals surface area (Å²) in [5, 5.41) is 0. The molecule has 0 nitrogen and oxygen atoms in total. The van der Waals surface area contributed by atoms with Gasteiger partial charge in [-0.15, -0.1) is 0 Å². The Kier molecular flexibility index (Phi) is 13.1. The van der Waals surface area contributed by atoms with Crippen LogP contribution < -0.4 is 0 Å². The van der Waals surface area contributed by atoms with Crippen molar-refractivity contribution in [3.05, 3.63) is 148 Å². The van der Waals surface area contributed by atoms with Crippen LogP contribution in [-0.4, -0.2) is 0 Å². The lowest BCUT2D eigenvalue weighted by Crippen LogP contribution is -2.27. The van der Waals surface area contributed by atoms with Crippen molar-refractivity contribution >= 4 is 5.57 Å². The van der Waals surface area contributed by atoms with E-state index in [2.05, 4.69) is 171 Å². The van der Waals surface area contributed by atoms with Crippen molar-refractivity contribution in [1.82, 2.24) is 0 Å². The number of hydrogen-bond acceptors (Lipinski definition) is 0. The van der Waals surface area contributed by atoms with E-state index < -0.39 is 0 Å². The van der Waals surface area contributed by atoms with Gasteiger partial charge < -0.3 is 0 Å². The van der Waals surface area contributed by atoms with E-state index in [1.54, 1.807) is 0 Å². The molecule has 0 heteroatoms. The van der Waals surface area contributed by atoms with Crippen LogP contribution in [0, 0.1) is 42.4 Å². The normalized spacial score (nSPS) is 22.9. The summed E-state index contributed by atoms with van der Waals surface area (Å²) in [6.07, 6.45) is 30.1. The van der Waals surface area contributed by atoms with Gasteiger partial charge in [-0.05, 0) is 85.5 Å². The Morgan fingerprint density at radius 3 is 2.51 bits per heavy atom. The fourth-order valence-corrected chi connectivity index (χ4v) is 6.01. The molecule has 0 saturated carbocycles. The standard InChI is InChI=1S/C43H52/c1-10-20-36(28-26-32(7)8)39-30-40(37-22-17-15-14-16-18-23-37)42(38-24-19-21-33(9)29-38)43(34(11-2)12-3)41(39)35(13-4)27-25-31(5)6/h11,13-15,17,19-22,24-30,32,37,39,41H,4,10,12,16H2,1-3,5-9H3/b15-14-,22-17-,28-26-,34-11+,35-27+,36-20+. The zero-order valence-electron chi connectivity index (χ0n) is 27.9. The van der Waals surface area contributed by atoms with E-state index in [4.69, 9.17) is 0 Å². The fraction of sp³-hybridized carbons (Fsp3) is 0.349. The van der Waals surface area contributed by atoms with Gasteiger partial charge in [-0.3, -0.25) is 0 Å². The van der Waals surface area contributed by atoms with Crippen LogP contribution in [0.15, 0.2) is 137 Å². The Morgan fingerprint density at radius 2 is 1.88 bits per heavy atom. The molecule has 2 aliphatic carbocycles. The molecule has 2 aliphatic rings. The van der Waals surface area contributed by atoms with Gasteiger partial charge >= 0.3 is 0 Å². The van der Waals surface area contributed by atoms with Gasteiger partial charge in [0.05, 0.1) is 5.92 Å². The first kappa shape index (κ1) is 33.7. The lowest BCUT2D eigenvalue weighted by molar-refractivity contribution is 0.583. The quantitative estimate of drug-likeness (QED) is 0.184. The van der Waals surface area contributed by atoms with E-state index in [0.717, 1.165) is 19.3 Å². The van der Waals surface area contributed by atoms with Crippen LogP contribution in [0.5, 0.6) is 0 Å². The van der Waals surface area contributed by atoms with Gasteiger partial charge in [0.1, 0.15) is 0 Å². The van der Waals surface area contributed by atoms with Crippen molar-refractivity contribution in [2.45, 2.75) is 74.7 Å². The summed E-state index contributed by atoms with van der Waals surface area (Å²) in [5.41, 5.74) is 11.8. The largest absolute Gasteiger partial charge is 0.0988 e. The summed E-state index contributed by atoms with van der Waals surface area (Å²) in [4.78, 5) is 0. The summed E-state index contributed by atoms with van der Waals surface area (Å²) in [5.74, 6) is 7.82. The molecule has 0 bridgehead atoms. The summed E-state index contributed by atoms with van der Waals surface area (Å²) < 4.78 is 0. The maximum atomic E-state index is 4.38. The zero-order valence-corrected chi connectivity index (χ0v) is 27.9. The molecule has 0 fully saturated rings. The predicted molar refractivity (Wildman–Crippen MR) is 191 cm³/mol. The van der Waals surface area contributed by atoms with Crippen molar-refractivity contribution < 1.29 is 0 Å². The molecular weight excluding hydrogens is 516 g/mol. The second-order valence-corrected chi connectivity index (χ2v) is 12.1. The van der Waals surface area contributed by atoms with Crippen LogP contribution in [-0.2, 0) is 0 Å². The van der Waals surface area contributed by atoms with Crippen molar-refractivity contribution in [3.63, 3.8) is 0 Å². The lowest BCUT2D eigenvalue weighted by atomic mass is 9.64. The highest BCUT2D eigenvalue weighted by Crippen LogP contribution is 2.51. The molecule has 0 radical (unpaired) electrons.